The standard InChI is InChI=1S/C28H40N2O4.ClH/c1-20(2)30(23-13-9-14-29-19-23)28(31)25-18-26(33-16-10-15-32-5)27(34-21(3)4)17-24(25)22-11-7-6-8-12-22;/h6-8,11-12,17-18,20-21,23,29H,9-10,13-16,19H2,1-5H3;1H/t23-;/m1./s1. The molecule has 2 aromatic carbocycles. The molecular weight excluding hydrogens is 464 g/mol. The summed E-state index contributed by atoms with van der Waals surface area (Å²) >= 11 is 0. The van der Waals surface area contributed by atoms with E-state index >= 15 is 0 Å². The molecule has 1 aliphatic heterocycles. The highest BCUT2D eigenvalue weighted by molar-refractivity contribution is 6.02. The average molecular weight is 505 g/mol. The molecule has 0 unspecified atom stereocenters. The van der Waals surface area contributed by atoms with Crippen LogP contribution in [0, 0.1) is 0 Å². The molecule has 1 N–H and O–H groups in total. The van der Waals surface area contributed by atoms with Gasteiger partial charge in [-0.3, -0.25) is 4.79 Å². The van der Waals surface area contributed by atoms with E-state index < -0.39 is 0 Å². The molecule has 1 saturated heterocycles. The van der Waals surface area contributed by atoms with Gasteiger partial charge >= 0.3 is 0 Å². The number of nitrogens with one attached hydrogen (secondary N) is 1. The SMILES string of the molecule is COCCCOc1cc(C(=O)N(C(C)C)[C@@H]2CCCNC2)c(-c2ccccc2)cc1OC(C)C.Cl. The first kappa shape index (κ1) is 29.0. The topological polar surface area (TPSA) is 60.0 Å². The first-order valence-electron chi connectivity index (χ1n) is 12.5. The van der Waals surface area contributed by atoms with Gasteiger partial charge in [0, 0.05) is 38.8 Å². The molecule has 0 spiro atoms. The molecule has 2 aromatic rings. The van der Waals surface area contributed by atoms with Crippen molar-refractivity contribution in [3.05, 3.63) is 48.0 Å². The van der Waals surface area contributed by atoms with Crippen LogP contribution in [0.5, 0.6) is 11.5 Å². The predicted molar refractivity (Wildman–Crippen MR) is 144 cm³/mol. The second-order valence-corrected chi connectivity index (χ2v) is 9.38. The Kier molecular flexibility index (Phi) is 11.8. The van der Waals surface area contributed by atoms with Gasteiger partial charge in [-0.2, -0.15) is 0 Å². The summed E-state index contributed by atoms with van der Waals surface area (Å²) in [5, 5.41) is 3.45. The first-order valence-corrected chi connectivity index (χ1v) is 12.5. The minimum Gasteiger partial charge on any atom is -0.490 e. The number of rotatable bonds is 11. The summed E-state index contributed by atoms with van der Waals surface area (Å²) in [7, 11) is 1.68. The molecular formula is C28H41ClN2O4. The zero-order valence-corrected chi connectivity index (χ0v) is 22.5. The Hall–Kier alpha value is -2.28. The molecule has 6 nitrogen and oxygen atoms in total. The smallest absolute Gasteiger partial charge is 0.255 e. The molecule has 1 fully saturated rings. The van der Waals surface area contributed by atoms with Crippen LogP contribution in [0.1, 0.15) is 57.3 Å². The van der Waals surface area contributed by atoms with Crippen LogP contribution in [0.25, 0.3) is 11.1 Å². The van der Waals surface area contributed by atoms with Gasteiger partial charge in [-0.15, -0.1) is 12.4 Å². The molecule has 1 amide bonds. The number of hydrogen-bond donors (Lipinski definition) is 1. The van der Waals surface area contributed by atoms with Crippen LogP contribution in [-0.2, 0) is 4.74 Å². The zero-order valence-electron chi connectivity index (χ0n) is 21.7. The number of methoxy groups -OCH3 is 1. The lowest BCUT2D eigenvalue weighted by Gasteiger charge is -2.38. The minimum absolute atomic E-state index is 0. The van der Waals surface area contributed by atoms with E-state index in [-0.39, 0.29) is 36.5 Å². The number of carbonyl (C=O) groups is 1. The summed E-state index contributed by atoms with van der Waals surface area (Å²) in [6.07, 6.45) is 2.81. The van der Waals surface area contributed by atoms with Crippen molar-refractivity contribution in [3.63, 3.8) is 0 Å². The van der Waals surface area contributed by atoms with E-state index in [0.29, 0.717) is 30.3 Å². The van der Waals surface area contributed by atoms with Gasteiger partial charge in [-0.1, -0.05) is 30.3 Å². The number of carbonyl (C=O) groups excluding carboxylic acids is 1. The second-order valence-electron chi connectivity index (χ2n) is 9.38. The van der Waals surface area contributed by atoms with Crippen molar-refractivity contribution in [1.29, 1.82) is 0 Å². The highest BCUT2D eigenvalue weighted by atomic mass is 35.5. The normalized spacial score (nSPS) is 15.6. The van der Waals surface area contributed by atoms with Gasteiger partial charge in [0.2, 0.25) is 0 Å². The maximum atomic E-state index is 14.1. The molecule has 0 radical (unpaired) electrons. The quantitative estimate of drug-likeness (QED) is 0.405. The Morgan fingerprint density at radius 1 is 1.09 bits per heavy atom. The summed E-state index contributed by atoms with van der Waals surface area (Å²) in [5.74, 6) is 1.27. The third-order valence-corrected chi connectivity index (χ3v) is 5.97. The minimum atomic E-state index is -0.0213. The Morgan fingerprint density at radius 2 is 1.83 bits per heavy atom. The molecule has 35 heavy (non-hydrogen) atoms. The van der Waals surface area contributed by atoms with Crippen LogP contribution in [0.2, 0.25) is 0 Å². The Balaban J connectivity index is 0.00000432. The first-order chi connectivity index (χ1) is 16.4. The van der Waals surface area contributed by atoms with Crippen molar-refractivity contribution in [2.24, 2.45) is 0 Å². The van der Waals surface area contributed by atoms with Gasteiger partial charge in [-0.25, -0.2) is 0 Å². The highest BCUT2D eigenvalue weighted by Gasteiger charge is 2.31. The van der Waals surface area contributed by atoms with E-state index in [4.69, 9.17) is 14.2 Å². The lowest BCUT2D eigenvalue weighted by atomic mass is 9.95. The molecule has 0 aliphatic carbocycles. The number of nitrogens with zero attached hydrogens (tertiary/aromatic N) is 1. The van der Waals surface area contributed by atoms with Gasteiger partial charge in [0.05, 0.1) is 18.3 Å². The number of amides is 1. The summed E-state index contributed by atoms with van der Waals surface area (Å²) in [5.41, 5.74) is 2.49. The van der Waals surface area contributed by atoms with Crippen LogP contribution in [0.3, 0.4) is 0 Å². The molecule has 0 saturated carbocycles. The Morgan fingerprint density at radius 3 is 2.43 bits per heavy atom. The molecule has 194 valence electrons. The van der Waals surface area contributed by atoms with Crippen molar-refractivity contribution in [1.82, 2.24) is 10.2 Å². The lowest BCUT2D eigenvalue weighted by Crippen LogP contribution is -2.51. The number of ether oxygens (including phenoxy) is 3. The van der Waals surface area contributed by atoms with Gasteiger partial charge < -0.3 is 24.4 Å². The van der Waals surface area contributed by atoms with Crippen LogP contribution in [0.15, 0.2) is 42.5 Å². The second kappa shape index (κ2) is 14.3. The Bertz CT molecular complexity index is 915. The van der Waals surface area contributed by atoms with Gasteiger partial charge in [-0.05, 0) is 70.3 Å². The number of hydrogen-bond acceptors (Lipinski definition) is 5. The van der Waals surface area contributed by atoms with Gasteiger partial charge in [0.15, 0.2) is 11.5 Å². The molecule has 3 rings (SSSR count). The van der Waals surface area contributed by atoms with E-state index in [1.54, 1.807) is 7.11 Å². The fourth-order valence-corrected chi connectivity index (χ4v) is 4.47. The van der Waals surface area contributed by atoms with E-state index in [1.165, 1.54) is 0 Å². The summed E-state index contributed by atoms with van der Waals surface area (Å²) < 4.78 is 17.4. The number of benzene rings is 2. The van der Waals surface area contributed by atoms with Crippen molar-refractivity contribution in [2.75, 3.05) is 33.4 Å². The predicted octanol–water partition coefficient (Wildman–Crippen LogP) is 5.58. The van der Waals surface area contributed by atoms with Crippen molar-refractivity contribution >= 4 is 18.3 Å². The summed E-state index contributed by atoms with van der Waals surface area (Å²) in [6, 6.07) is 14.1. The molecule has 0 bridgehead atoms. The average Bonchev–Trinajstić information content (AvgIpc) is 2.83. The maximum Gasteiger partial charge on any atom is 0.255 e. The molecule has 7 heteroatoms. The monoisotopic (exact) mass is 504 g/mol. The Labute approximate surface area is 216 Å². The third-order valence-electron chi connectivity index (χ3n) is 5.97. The van der Waals surface area contributed by atoms with Crippen molar-refractivity contribution < 1.29 is 19.0 Å². The van der Waals surface area contributed by atoms with Crippen LogP contribution in [-0.4, -0.2) is 62.4 Å². The number of piperidine rings is 1. The van der Waals surface area contributed by atoms with Crippen LogP contribution < -0.4 is 14.8 Å². The van der Waals surface area contributed by atoms with Crippen molar-refractivity contribution in [3.8, 4) is 22.6 Å². The highest BCUT2D eigenvalue weighted by Crippen LogP contribution is 2.38. The van der Waals surface area contributed by atoms with E-state index in [2.05, 4.69) is 19.2 Å². The van der Waals surface area contributed by atoms with Gasteiger partial charge in [0.25, 0.3) is 5.91 Å². The largest absolute Gasteiger partial charge is 0.490 e. The molecule has 1 atom stereocenters. The molecule has 1 aliphatic rings. The zero-order chi connectivity index (χ0) is 24.5. The number of halogens is 1. The van der Waals surface area contributed by atoms with Crippen LogP contribution >= 0.6 is 12.4 Å². The third kappa shape index (κ3) is 7.86. The molecule has 0 aromatic heterocycles. The van der Waals surface area contributed by atoms with Gasteiger partial charge in [0.1, 0.15) is 0 Å². The van der Waals surface area contributed by atoms with E-state index in [1.807, 2.05) is 61.2 Å². The summed E-state index contributed by atoms with van der Waals surface area (Å²) in [6.45, 7) is 11.1. The van der Waals surface area contributed by atoms with Crippen molar-refractivity contribution in [2.45, 2.75) is 65.1 Å². The maximum absolute atomic E-state index is 14.1. The van der Waals surface area contributed by atoms with Crippen LogP contribution in [0.4, 0.5) is 0 Å². The summed E-state index contributed by atoms with van der Waals surface area (Å²) in [4.78, 5) is 16.2. The fourth-order valence-electron chi connectivity index (χ4n) is 4.47. The molecule has 1 heterocycles. The van der Waals surface area contributed by atoms with E-state index in [9.17, 15) is 4.79 Å². The van der Waals surface area contributed by atoms with E-state index in [0.717, 1.165) is 43.5 Å². The fraction of sp³-hybridized carbons (Fsp3) is 0.536. The lowest BCUT2D eigenvalue weighted by molar-refractivity contribution is 0.0573.